The van der Waals surface area contributed by atoms with Gasteiger partial charge in [-0.3, -0.25) is 0 Å². The molecule has 0 spiro atoms. The van der Waals surface area contributed by atoms with E-state index in [-0.39, 0.29) is 5.41 Å². The third-order valence-electron chi connectivity index (χ3n) is 7.74. The van der Waals surface area contributed by atoms with E-state index in [1.54, 1.807) is 81.5 Å². The first-order valence-electron chi connectivity index (χ1n) is 19.1. The standard InChI is InChI=1S/C31H68O9S12Si3/c1-12-32-53(33-13-2,34-14-3)26-42-48-47-41-25-31(30(11)23-21-20-22-24-30,46-52-50-43-27-54(35-15-4,36-16-5)37-17-6)40-55(38-18-7,39-19-8)28-44-49-51-45-29(9)10/h29H,12-28H2,1-11H3. The molecule has 0 aromatic heterocycles. The zero-order valence-electron chi connectivity index (χ0n) is 34.7. The molecule has 330 valence electrons. The zero-order valence-corrected chi connectivity index (χ0v) is 47.5. The van der Waals surface area contributed by atoms with Crippen LogP contribution in [0.4, 0.5) is 0 Å². The Kier molecular flexibility index (Phi) is 35.5. The van der Waals surface area contributed by atoms with Gasteiger partial charge < -0.3 is 39.8 Å². The van der Waals surface area contributed by atoms with E-state index >= 15 is 0 Å². The Morgan fingerprint density at radius 2 is 0.855 bits per heavy atom. The van der Waals surface area contributed by atoms with Crippen molar-refractivity contribution in [3.05, 3.63) is 0 Å². The molecule has 1 aliphatic carbocycles. The summed E-state index contributed by atoms with van der Waals surface area (Å²) in [5, 5.41) is 2.61. The van der Waals surface area contributed by atoms with Crippen LogP contribution in [0.2, 0.25) is 0 Å². The van der Waals surface area contributed by atoms with Crippen molar-refractivity contribution in [1.82, 2.24) is 0 Å². The summed E-state index contributed by atoms with van der Waals surface area (Å²) in [4.78, 5) is -0.578. The minimum absolute atomic E-state index is 0.0898. The van der Waals surface area contributed by atoms with Crippen molar-refractivity contribution >= 4 is 150 Å². The minimum atomic E-state index is -3.16. The maximum absolute atomic E-state index is 7.69. The highest BCUT2D eigenvalue weighted by atomic mass is 33.7. The summed E-state index contributed by atoms with van der Waals surface area (Å²) in [5.74, 6) is 0.774. The fraction of sp³-hybridized carbons (Fsp3) is 1.00. The van der Waals surface area contributed by atoms with Gasteiger partial charge in [-0.1, -0.05) is 94.0 Å². The molecular weight excluding hydrogens is 985 g/mol. The van der Waals surface area contributed by atoms with Gasteiger partial charge in [-0.05, 0) is 138 Å². The maximum atomic E-state index is 7.69. The first-order valence-corrected chi connectivity index (χ1v) is 40.1. The van der Waals surface area contributed by atoms with Crippen LogP contribution in [0.25, 0.3) is 0 Å². The Hall–Kier alpha value is 4.49. The molecule has 55 heavy (non-hydrogen) atoms. The Bertz CT molecular complexity index is 905. The van der Waals surface area contributed by atoms with Gasteiger partial charge >= 0.3 is 26.4 Å². The molecule has 0 N–H and O–H groups in total. The van der Waals surface area contributed by atoms with Crippen LogP contribution >= 0.6 is 124 Å². The van der Waals surface area contributed by atoms with Crippen LogP contribution in [-0.2, 0) is 39.8 Å². The van der Waals surface area contributed by atoms with Gasteiger partial charge in [0.2, 0.25) is 0 Å². The van der Waals surface area contributed by atoms with Gasteiger partial charge in [0.05, 0.1) is 16.1 Å². The molecule has 1 atom stereocenters. The van der Waals surface area contributed by atoms with Crippen LogP contribution in [0.15, 0.2) is 0 Å². The third kappa shape index (κ3) is 22.3. The van der Waals surface area contributed by atoms with E-state index in [0.717, 1.165) is 18.6 Å². The summed E-state index contributed by atoms with van der Waals surface area (Å²) < 4.78 is 57.9. The van der Waals surface area contributed by atoms with Crippen molar-refractivity contribution in [1.29, 1.82) is 0 Å². The van der Waals surface area contributed by atoms with E-state index in [9.17, 15) is 0 Å². The second-order valence-corrected chi connectivity index (χ2v) is 40.0. The average molecular weight is 1050 g/mol. The lowest BCUT2D eigenvalue weighted by Gasteiger charge is -2.52. The van der Waals surface area contributed by atoms with Crippen LogP contribution < -0.4 is 0 Å². The van der Waals surface area contributed by atoms with E-state index in [1.165, 1.54) is 19.3 Å². The first kappa shape index (κ1) is 57.5. The molecule has 0 bridgehead atoms. The van der Waals surface area contributed by atoms with Gasteiger partial charge in [0.15, 0.2) is 0 Å². The van der Waals surface area contributed by atoms with E-state index in [4.69, 9.17) is 39.8 Å². The molecule has 1 aliphatic rings. The molecule has 1 unspecified atom stereocenters. The monoisotopic (exact) mass is 1050 g/mol. The number of hydrogen-bond donors (Lipinski definition) is 0. The molecular formula is C31H68O9S12Si3. The van der Waals surface area contributed by atoms with Crippen molar-refractivity contribution < 1.29 is 39.8 Å². The second-order valence-electron chi connectivity index (χ2n) is 12.2. The number of rotatable bonds is 38. The van der Waals surface area contributed by atoms with Crippen LogP contribution in [0.5, 0.6) is 0 Å². The summed E-state index contributed by atoms with van der Waals surface area (Å²) in [6.07, 6.45) is 5.82. The Morgan fingerprint density at radius 1 is 0.491 bits per heavy atom. The van der Waals surface area contributed by atoms with Crippen molar-refractivity contribution in [2.24, 2.45) is 5.41 Å². The smallest absolute Gasteiger partial charge is 0.373 e. The van der Waals surface area contributed by atoms with E-state index < -0.39 is 31.3 Å². The predicted molar refractivity (Wildman–Crippen MR) is 271 cm³/mol. The van der Waals surface area contributed by atoms with Gasteiger partial charge in [0.25, 0.3) is 0 Å². The van der Waals surface area contributed by atoms with E-state index in [2.05, 4.69) is 34.6 Å². The molecule has 0 aromatic carbocycles. The normalized spacial score (nSPS) is 16.6. The highest BCUT2D eigenvalue weighted by molar-refractivity contribution is 9.27. The number of hydrogen-bond acceptors (Lipinski definition) is 21. The van der Waals surface area contributed by atoms with Gasteiger partial charge in [-0.15, -0.1) is 0 Å². The van der Waals surface area contributed by atoms with Crippen molar-refractivity contribution in [2.75, 3.05) is 74.7 Å². The molecule has 0 radical (unpaired) electrons. The van der Waals surface area contributed by atoms with Crippen LogP contribution in [0, 0.1) is 5.41 Å². The zero-order chi connectivity index (χ0) is 40.9. The maximum Gasteiger partial charge on any atom is 0.513 e. The summed E-state index contributed by atoms with van der Waals surface area (Å²) in [6, 6.07) is 0. The Morgan fingerprint density at radius 3 is 1.27 bits per heavy atom. The molecule has 0 heterocycles. The summed E-state index contributed by atoms with van der Waals surface area (Å²) in [6.45, 7) is 27.6. The molecule has 1 fully saturated rings. The van der Waals surface area contributed by atoms with Gasteiger partial charge in [-0.25, -0.2) is 0 Å². The average Bonchev–Trinajstić information content (AvgIpc) is 3.13. The van der Waals surface area contributed by atoms with E-state index in [1.807, 2.05) is 83.8 Å². The molecule has 0 aliphatic heterocycles. The molecule has 0 saturated heterocycles. The highest BCUT2D eigenvalue weighted by Gasteiger charge is 2.58. The van der Waals surface area contributed by atoms with Crippen LogP contribution in [-0.4, -0.2) is 111 Å². The molecule has 24 heteroatoms. The van der Waals surface area contributed by atoms with Crippen LogP contribution in [0.3, 0.4) is 0 Å². The van der Waals surface area contributed by atoms with Crippen molar-refractivity contribution in [2.45, 2.75) is 118 Å². The van der Waals surface area contributed by atoms with Crippen molar-refractivity contribution in [3.8, 4) is 0 Å². The molecule has 9 nitrogen and oxygen atoms in total. The topological polar surface area (TPSA) is 83.1 Å². The van der Waals surface area contributed by atoms with Gasteiger partial charge in [0.1, 0.15) is 4.93 Å². The lowest BCUT2D eigenvalue weighted by molar-refractivity contribution is -0.0431. The molecule has 0 amide bonds. The highest BCUT2D eigenvalue weighted by Crippen LogP contribution is 2.62. The predicted octanol–water partition coefficient (Wildman–Crippen LogP) is 13.8. The second kappa shape index (κ2) is 33.9. The summed E-state index contributed by atoms with van der Waals surface area (Å²) in [7, 11) is 12.9. The third-order valence-corrected chi connectivity index (χ3v) is 41.2. The van der Waals surface area contributed by atoms with Gasteiger partial charge in [-0.2, -0.15) is 0 Å². The van der Waals surface area contributed by atoms with Gasteiger partial charge in [0, 0.05) is 69.3 Å². The molecule has 1 saturated carbocycles. The lowest BCUT2D eigenvalue weighted by atomic mass is 9.72. The summed E-state index contributed by atoms with van der Waals surface area (Å²) in [5.41, 5.74) is -0.0898. The van der Waals surface area contributed by atoms with E-state index in [0.29, 0.717) is 74.2 Å². The fourth-order valence-electron chi connectivity index (χ4n) is 5.54. The molecule has 1 rings (SSSR count). The largest absolute Gasteiger partial charge is 0.513 e. The quantitative estimate of drug-likeness (QED) is 0.0254. The van der Waals surface area contributed by atoms with Crippen molar-refractivity contribution in [3.63, 3.8) is 0 Å². The lowest BCUT2D eigenvalue weighted by Crippen LogP contribution is -2.60. The SMILES string of the molecule is CCO[Si](CSSSSCC(O[Si](CSSSSC(C)C)(OCC)OCC)(SSSSC[Si](OCC)(OCC)OCC)C1(C)CCCCC1)(OCC)OCC. The fourth-order valence-corrected chi connectivity index (χ4v) is 41.7. The summed E-state index contributed by atoms with van der Waals surface area (Å²) >= 11 is 0. The Balaban J connectivity index is 3.41. The first-order chi connectivity index (χ1) is 26.5. The van der Waals surface area contributed by atoms with Crippen LogP contribution in [0.1, 0.15) is 108 Å². The molecule has 0 aromatic rings. The Labute approximate surface area is 384 Å². The minimum Gasteiger partial charge on any atom is -0.373 e.